The van der Waals surface area contributed by atoms with Crippen LogP contribution in [0.5, 0.6) is 0 Å². The quantitative estimate of drug-likeness (QED) is 0.863. The average Bonchev–Trinajstić information content (AvgIpc) is 2.49. The van der Waals surface area contributed by atoms with E-state index in [-0.39, 0.29) is 5.41 Å². The third-order valence-corrected chi connectivity index (χ3v) is 3.26. The number of nitriles is 1. The Balaban J connectivity index is 0. The van der Waals surface area contributed by atoms with Gasteiger partial charge in [0.1, 0.15) is 0 Å². The highest BCUT2D eigenvalue weighted by Gasteiger charge is 2.24. The predicted octanol–water partition coefficient (Wildman–Crippen LogP) is 4.63. The Morgan fingerprint density at radius 3 is 1.89 bits per heavy atom. The van der Waals surface area contributed by atoms with Crippen molar-refractivity contribution in [2.75, 3.05) is 6.54 Å². The van der Waals surface area contributed by atoms with Gasteiger partial charge >= 0.3 is 0 Å². The molecule has 2 heteroatoms. The van der Waals surface area contributed by atoms with E-state index in [1.54, 1.807) is 0 Å². The molecule has 0 fully saturated rings. The fourth-order valence-electron chi connectivity index (χ4n) is 1.74. The minimum absolute atomic E-state index is 0.145. The van der Waals surface area contributed by atoms with Crippen molar-refractivity contribution in [3.8, 4) is 6.07 Å². The van der Waals surface area contributed by atoms with E-state index in [9.17, 15) is 0 Å². The Morgan fingerprint density at radius 2 is 1.53 bits per heavy atom. The lowest BCUT2D eigenvalue weighted by Crippen LogP contribution is -2.20. The number of rotatable bonds is 3. The van der Waals surface area contributed by atoms with E-state index in [0.29, 0.717) is 0 Å². The summed E-state index contributed by atoms with van der Waals surface area (Å²) in [6.45, 7) is 13.2. The first-order valence-electron chi connectivity index (χ1n) is 7.29. The standard InChI is InChI=1S/C13H17N.C2H7N.C2H6/c1-4-13(3,5-2)12-9-7-6-8-11(12)10-14;1-2-3;1-2/h6-9H,4-5H2,1-3H3;2-3H2,1H3;1-2H3. The van der Waals surface area contributed by atoms with Gasteiger partial charge in [-0.05, 0) is 36.4 Å². The van der Waals surface area contributed by atoms with Crippen LogP contribution in [-0.2, 0) is 5.41 Å². The Kier molecular flexibility index (Phi) is 12.4. The van der Waals surface area contributed by atoms with Crippen molar-refractivity contribution >= 4 is 0 Å². The van der Waals surface area contributed by atoms with E-state index >= 15 is 0 Å². The second-order valence-corrected chi connectivity index (χ2v) is 4.33. The molecule has 2 N–H and O–H groups in total. The summed E-state index contributed by atoms with van der Waals surface area (Å²) >= 11 is 0. The van der Waals surface area contributed by atoms with Gasteiger partial charge in [0.25, 0.3) is 0 Å². The molecule has 0 amide bonds. The molecular formula is C17H30N2. The van der Waals surface area contributed by atoms with Crippen LogP contribution in [0.4, 0.5) is 0 Å². The summed E-state index contributed by atoms with van der Waals surface area (Å²) in [5.41, 5.74) is 7.00. The summed E-state index contributed by atoms with van der Waals surface area (Å²) in [6, 6.07) is 10.2. The summed E-state index contributed by atoms with van der Waals surface area (Å²) in [7, 11) is 0. The van der Waals surface area contributed by atoms with E-state index in [1.165, 1.54) is 5.56 Å². The van der Waals surface area contributed by atoms with E-state index < -0.39 is 0 Å². The molecule has 0 radical (unpaired) electrons. The average molecular weight is 262 g/mol. The molecule has 0 heterocycles. The lowest BCUT2D eigenvalue weighted by atomic mass is 9.76. The van der Waals surface area contributed by atoms with E-state index in [1.807, 2.05) is 39.0 Å². The van der Waals surface area contributed by atoms with Crippen LogP contribution >= 0.6 is 0 Å². The molecule has 0 saturated heterocycles. The minimum Gasteiger partial charge on any atom is -0.331 e. The first-order chi connectivity index (χ1) is 9.09. The van der Waals surface area contributed by atoms with Gasteiger partial charge < -0.3 is 5.73 Å². The molecule has 0 unspecified atom stereocenters. The summed E-state index contributed by atoms with van der Waals surface area (Å²) in [5.74, 6) is 0. The predicted molar refractivity (Wildman–Crippen MR) is 85.2 cm³/mol. The van der Waals surface area contributed by atoms with Crippen molar-refractivity contribution in [2.24, 2.45) is 5.73 Å². The van der Waals surface area contributed by atoms with Gasteiger partial charge in [-0.1, -0.05) is 59.7 Å². The number of benzene rings is 1. The van der Waals surface area contributed by atoms with Crippen molar-refractivity contribution in [1.82, 2.24) is 0 Å². The fraction of sp³-hybridized carbons (Fsp3) is 0.588. The number of hydrogen-bond acceptors (Lipinski definition) is 2. The highest BCUT2D eigenvalue weighted by Crippen LogP contribution is 2.32. The number of hydrogen-bond donors (Lipinski definition) is 1. The molecule has 19 heavy (non-hydrogen) atoms. The fourth-order valence-corrected chi connectivity index (χ4v) is 1.74. The molecule has 0 spiro atoms. The summed E-state index contributed by atoms with van der Waals surface area (Å²) in [4.78, 5) is 0. The van der Waals surface area contributed by atoms with Crippen LogP contribution in [0.1, 0.15) is 65.5 Å². The van der Waals surface area contributed by atoms with Crippen LogP contribution in [-0.4, -0.2) is 6.54 Å². The van der Waals surface area contributed by atoms with Gasteiger partial charge in [-0.15, -0.1) is 0 Å². The van der Waals surface area contributed by atoms with Gasteiger partial charge in [0.2, 0.25) is 0 Å². The van der Waals surface area contributed by atoms with Gasteiger partial charge in [0.05, 0.1) is 11.6 Å². The molecule has 0 aliphatic rings. The normalized spacial score (nSPS) is 9.37. The Hall–Kier alpha value is -1.33. The monoisotopic (exact) mass is 262 g/mol. The minimum atomic E-state index is 0.145. The number of nitrogens with two attached hydrogens (primary N) is 1. The Labute approximate surface area is 119 Å². The zero-order valence-corrected chi connectivity index (χ0v) is 13.5. The lowest BCUT2D eigenvalue weighted by molar-refractivity contribution is 0.438. The van der Waals surface area contributed by atoms with Crippen LogP contribution in [0.25, 0.3) is 0 Å². The molecule has 0 aliphatic carbocycles. The van der Waals surface area contributed by atoms with Crippen LogP contribution in [0.15, 0.2) is 24.3 Å². The van der Waals surface area contributed by atoms with Crippen LogP contribution in [0, 0.1) is 11.3 Å². The second kappa shape index (κ2) is 11.7. The second-order valence-electron chi connectivity index (χ2n) is 4.33. The Morgan fingerprint density at radius 1 is 1.11 bits per heavy atom. The first kappa shape index (κ1) is 20.0. The largest absolute Gasteiger partial charge is 0.331 e. The van der Waals surface area contributed by atoms with Crippen molar-refractivity contribution in [2.45, 2.75) is 59.8 Å². The molecule has 1 aromatic rings. The maximum absolute atomic E-state index is 9.02. The van der Waals surface area contributed by atoms with Gasteiger partial charge in [-0.25, -0.2) is 0 Å². The molecular weight excluding hydrogens is 232 g/mol. The van der Waals surface area contributed by atoms with Crippen LogP contribution < -0.4 is 5.73 Å². The topological polar surface area (TPSA) is 49.8 Å². The maximum Gasteiger partial charge on any atom is 0.0994 e. The molecule has 0 atom stereocenters. The highest BCUT2D eigenvalue weighted by molar-refractivity contribution is 5.41. The molecule has 108 valence electrons. The van der Waals surface area contributed by atoms with E-state index in [2.05, 4.69) is 32.9 Å². The molecule has 1 rings (SSSR count). The zero-order chi connectivity index (χ0) is 15.3. The third kappa shape index (κ3) is 6.40. The van der Waals surface area contributed by atoms with Gasteiger partial charge in [0, 0.05) is 0 Å². The molecule has 0 bridgehead atoms. The maximum atomic E-state index is 9.02. The Bertz CT molecular complexity index is 360. The molecule has 0 saturated carbocycles. The SMILES string of the molecule is CC.CCC(C)(CC)c1ccccc1C#N.CCN. The van der Waals surface area contributed by atoms with Gasteiger partial charge in [-0.2, -0.15) is 5.26 Å². The molecule has 1 aromatic carbocycles. The third-order valence-electron chi connectivity index (χ3n) is 3.26. The van der Waals surface area contributed by atoms with Crippen LogP contribution in [0.3, 0.4) is 0 Å². The zero-order valence-electron chi connectivity index (χ0n) is 13.5. The van der Waals surface area contributed by atoms with Crippen molar-refractivity contribution in [3.63, 3.8) is 0 Å². The summed E-state index contributed by atoms with van der Waals surface area (Å²) < 4.78 is 0. The number of nitrogens with zero attached hydrogens (tertiary/aromatic N) is 1. The van der Waals surface area contributed by atoms with Gasteiger partial charge in [0.15, 0.2) is 0 Å². The van der Waals surface area contributed by atoms with E-state index in [0.717, 1.165) is 24.9 Å². The first-order valence-corrected chi connectivity index (χ1v) is 7.29. The molecule has 2 nitrogen and oxygen atoms in total. The highest BCUT2D eigenvalue weighted by atomic mass is 14.5. The van der Waals surface area contributed by atoms with Gasteiger partial charge in [-0.3, -0.25) is 0 Å². The molecule has 0 aliphatic heterocycles. The lowest BCUT2D eigenvalue weighted by Gasteiger charge is -2.28. The van der Waals surface area contributed by atoms with Crippen molar-refractivity contribution < 1.29 is 0 Å². The van der Waals surface area contributed by atoms with E-state index in [4.69, 9.17) is 11.0 Å². The van der Waals surface area contributed by atoms with Crippen molar-refractivity contribution in [3.05, 3.63) is 35.4 Å². The molecule has 0 aromatic heterocycles. The summed E-state index contributed by atoms with van der Waals surface area (Å²) in [6.07, 6.45) is 2.14. The summed E-state index contributed by atoms with van der Waals surface area (Å²) in [5, 5.41) is 9.02. The van der Waals surface area contributed by atoms with Crippen LogP contribution in [0.2, 0.25) is 0 Å². The smallest absolute Gasteiger partial charge is 0.0994 e. The van der Waals surface area contributed by atoms with Crippen molar-refractivity contribution in [1.29, 1.82) is 5.26 Å².